The largest absolute Gasteiger partial charge is 0.468 e. The van der Waals surface area contributed by atoms with E-state index in [1.54, 1.807) is 0 Å². The van der Waals surface area contributed by atoms with Gasteiger partial charge in [0.25, 0.3) is 0 Å². The Hall–Kier alpha value is -2.07. The van der Waals surface area contributed by atoms with Gasteiger partial charge in [-0.3, -0.25) is 10.1 Å². The molecule has 140 valence electrons. The quantitative estimate of drug-likeness (QED) is 0.591. The summed E-state index contributed by atoms with van der Waals surface area (Å²) < 4.78 is 4.98. The number of anilines is 1. The zero-order valence-corrected chi connectivity index (χ0v) is 16.3. The van der Waals surface area contributed by atoms with Crippen LogP contribution in [0.15, 0.2) is 47.6 Å². The molecule has 0 radical (unpaired) electrons. The molecule has 1 fully saturated rings. The third-order valence-electron chi connectivity index (χ3n) is 5.64. The van der Waals surface area contributed by atoms with Crippen LogP contribution >= 0.6 is 0 Å². The predicted molar refractivity (Wildman–Crippen MR) is 106 cm³/mol. The molecule has 0 saturated carbocycles. The Labute approximate surface area is 156 Å². The summed E-state index contributed by atoms with van der Waals surface area (Å²) in [7, 11) is 1.46. The highest BCUT2D eigenvalue weighted by Gasteiger charge is 2.54. The summed E-state index contributed by atoms with van der Waals surface area (Å²) in [6.45, 7) is 6.49. The van der Waals surface area contributed by atoms with Crippen LogP contribution in [0.25, 0.3) is 0 Å². The van der Waals surface area contributed by atoms with Crippen molar-refractivity contribution in [3.8, 4) is 0 Å². The average Bonchev–Trinajstić information content (AvgIpc) is 3.12. The van der Waals surface area contributed by atoms with E-state index in [1.807, 2.05) is 0 Å². The highest BCUT2D eigenvalue weighted by Crippen LogP contribution is 2.49. The number of allylic oxidation sites excluding steroid dienone is 4. The average molecular weight is 354 g/mol. The summed E-state index contributed by atoms with van der Waals surface area (Å²) in [6.07, 6.45) is 8.54. The molecule has 2 heterocycles. The molecule has 0 amide bonds. The van der Waals surface area contributed by atoms with Crippen LogP contribution in [0.3, 0.4) is 0 Å². The number of para-hydroxylation sites is 1. The van der Waals surface area contributed by atoms with Gasteiger partial charge >= 0.3 is 5.97 Å². The van der Waals surface area contributed by atoms with Crippen molar-refractivity contribution in [3.63, 3.8) is 0 Å². The first kappa shape index (κ1) is 18.7. The molecule has 1 saturated heterocycles. The zero-order valence-electron chi connectivity index (χ0n) is 16.3. The first-order valence-corrected chi connectivity index (χ1v) is 9.45. The van der Waals surface area contributed by atoms with E-state index in [0.717, 1.165) is 25.7 Å². The topological polar surface area (TPSA) is 50.4 Å². The second-order valence-electron chi connectivity index (χ2n) is 7.80. The van der Waals surface area contributed by atoms with Crippen LogP contribution in [-0.4, -0.2) is 25.3 Å². The molecule has 0 unspecified atom stereocenters. The molecule has 2 N–H and O–H groups in total. The minimum Gasteiger partial charge on any atom is -0.468 e. The van der Waals surface area contributed by atoms with Crippen LogP contribution in [0.1, 0.15) is 52.0 Å². The van der Waals surface area contributed by atoms with Gasteiger partial charge in [-0.15, -0.1) is 0 Å². The Morgan fingerprint density at radius 2 is 2.04 bits per heavy atom. The van der Waals surface area contributed by atoms with Crippen LogP contribution in [0.5, 0.6) is 0 Å². The second kappa shape index (κ2) is 7.67. The van der Waals surface area contributed by atoms with Crippen molar-refractivity contribution in [2.45, 2.75) is 64.1 Å². The lowest BCUT2D eigenvalue weighted by atomic mass is 9.75. The van der Waals surface area contributed by atoms with Crippen molar-refractivity contribution in [2.75, 3.05) is 12.4 Å². The van der Waals surface area contributed by atoms with E-state index >= 15 is 0 Å². The maximum atomic E-state index is 12.1. The highest BCUT2D eigenvalue weighted by molar-refractivity contribution is 5.78. The molecule has 1 aromatic carbocycles. The maximum absolute atomic E-state index is 12.1. The number of hydrogen-bond acceptors (Lipinski definition) is 4. The number of hydrogen-bond donors (Lipinski definition) is 2. The van der Waals surface area contributed by atoms with E-state index in [2.05, 4.69) is 67.8 Å². The summed E-state index contributed by atoms with van der Waals surface area (Å²) in [5.74, 6) is -0.178. The van der Waals surface area contributed by atoms with Crippen LogP contribution in [0.2, 0.25) is 0 Å². The number of carbonyl (C=O) groups excluding carboxylic acids is 1. The van der Waals surface area contributed by atoms with Gasteiger partial charge in [0.1, 0.15) is 6.04 Å². The van der Waals surface area contributed by atoms with Crippen molar-refractivity contribution in [3.05, 3.63) is 53.1 Å². The first-order chi connectivity index (χ1) is 12.5. The minimum atomic E-state index is -0.259. The normalized spacial score (nSPS) is 26.7. The lowest BCUT2D eigenvalue weighted by molar-refractivity contribution is -0.142. The predicted octanol–water partition coefficient (Wildman–Crippen LogP) is 4.29. The van der Waals surface area contributed by atoms with Crippen LogP contribution in [-0.2, 0) is 14.9 Å². The van der Waals surface area contributed by atoms with E-state index in [-0.39, 0.29) is 23.6 Å². The number of rotatable bonds is 6. The fourth-order valence-electron chi connectivity index (χ4n) is 4.20. The standard InChI is InChI=1S/C22H30N2O2/c1-15(2)8-7-9-16(3)12-13-22-14-19(20(25)26-4)24-21(22)23-18-11-6-5-10-17(18)22/h5-6,8,10-12,19,21,23-24H,7,9,13-14H2,1-4H3/b16-12+/t19-,21+,22+/m0/s1. The van der Waals surface area contributed by atoms with Gasteiger partial charge in [0.15, 0.2) is 0 Å². The van der Waals surface area contributed by atoms with Gasteiger partial charge in [-0.1, -0.05) is 41.5 Å². The SMILES string of the molecule is COC(=O)[C@@H]1C[C@]2(C/C=C(\C)CCC=C(C)C)c3ccccc3N[C@@H]2N1. The molecule has 0 bridgehead atoms. The zero-order chi connectivity index (χ0) is 18.7. The smallest absolute Gasteiger partial charge is 0.322 e. The van der Waals surface area contributed by atoms with E-state index < -0.39 is 0 Å². The monoisotopic (exact) mass is 354 g/mol. The molecule has 26 heavy (non-hydrogen) atoms. The van der Waals surface area contributed by atoms with Crippen LogP contribution < -0.4 is 10.6 Å². The molecule has 1 aromatic rings. The fourth-order valence-corrected chi connectivity index (χ4v) is 4.20. The third kappa shape index (κ3) is 3.56. The second-order valence-corrected chi connectivity index (χ2v) is 7.80. The summed E-state index contributed by atoms with van der Waals surface area (Å²) in [6, 6.07) is 8.19. The number of carbonyl (C=O) groups is 1. The fraction of sp³-hybridized carbons (Fsp3) is 0.500. The number of fused-ring (bicyclic) bond motifs is 3. The molecule has 3 rings (SSSR count). The van der Waals surface area contributed by atoms with Gasteiger partial charge in [0.2, 0.25) is 0 Å². The number of ether oxygens (including phenoxy) is 1. The molecule has 3 atom stereocenters. The third-order valence-corrected chi connectivity index (χ3v) is 5.64. The Kier molecular flexibility index (Phi) is 5.52. The summed E-state index contributed by atoms with van der Waals surface area (Å²) >= 11 is 0. The van der Waals surface area contributed by atoms with E-state index in [4.69, 9.17) is 4.74 Å². The number of benzene rings is 1. The van der Waals surface area contributed by atoms with Gasteiger partial charge < -0.3 is 10.1 Å². The highest BCUT2D eigenvalue weighted by atomic mass is 16.5. The van der Waals surface area contributed by atoms with Gasteiger partial charge in [-0.2, -0.15) is 0 Å². The molecule has 4 heteroatoms. The lowest BCUT2D eigenvalue weighted by Crippen LogP contribution is -2.43. The molecular weight excluding hydrogens is 324 g/mol. The Morgan fingerprint density at radius 1 is 1.27 bits per heavy atom. The lowest BCUT2D eigenvalue weighted by Gasteiger charge is -2.28. The first-order valence-electron chi connectivity index (χ1n) is 9.45. The Morgan fingerprint density at radius 3 is 2.77 bits per heavy atom. The molecule has 2 aliphatic heterocycles. The van der Waals surface area contributed by atoms with Crippen molar-refractivity contribution >= 4 is 11.7 Å². The van der Waals surface area contributed by atoms with Crippen molar-refractivity contribution in [1.29, 1.82) is 0 Å². The molecule has 2 aliphatic rings. The summed E-state index contributed by atoms with van der Waals surface area (Å²) in [5, 5.41) is 7.02. The van der Waals surface area contributed by atoms with Gasteiger partial charge in [-0.05, 0) is 58.1 Å². The maximum Gasteiger partial charge on any atom is 0.322 e. The Balaban J connectivity index is 1.82. The molecular formula is C22H30N2O2. The van der Waals surface area contributed by atoms with Crippen LogP contribution in [0.4, 0.5) is 5.69 Å². The van der Waals surface area contributed by atoms with Crippen molar-refractivity contribution in [2.24, 2.45) is 0 Å². The molecule has 4 nitrogen and oxygen atoms in total. The van der Waals surface area contributed by atoms with E-state index in [0.29, 0.717) is 0 Å². The molecule has 0 aromatic heterocycles. The van der Waals surface area contributed by atoms with Gasteiger partial charge in [0, 0.05) is 11.1 Å². The molecule has 0 spiro atoms. The van der Waals surface area contributed by atoms with E-state index in [1.165, 1.54) is 29.5 Å². The molecule has 0 aliphatic carbocycles. The van der Waals surface area contributed by atoms with E-state index in [9.17, 15) is 4.79 Å². The number of esters is 1. The minimum absolute atomic E-state index is 0.0610. The summed E-state index contributed by atoms with van der Waals surface area (Å²) in [5.41, 5.74) is 5.14. The Bertz CT molecular complexity index is 733. The summed E-state index contributed by atoms with van der Waals surface area (Å²) in [4.78, 5) is 12.1. The van der Waals surface area contributed by atoms with Crippen molar-refractivity contribution < 1.29 is 9.53 Å². The number of nitrogens with one attached hydrogen (secondary N) is 2. The van der Waals surface area contributed by atoms with Crippen LogP contribution in [0, 0.1) is 0 Å². The van der Waals surface area contributed by atoms with Crippen molar-refractivity contribution in [1.82, 2.24) is 5.32 Å². The van der Waals surface area contributed by atoms with Gasteiger partial charge in [0.05, 0.1) is 13.3 Å². The number of methoxy groups -OCH3 is 1. The van der Waals surface area contributed by atoms with Gasteiger partial charge in [-0.25, -0.2) is 0 Å².